The Bertz CT molecular complexity index is 1320. The first-order valence-electron chi connectivity index (χ1n) is 9.86. The molecule has 0 spiro atoms. The molecule has 4 aromatic rings. The second-order valence-corrected chi connectivity index (χ2v) is 7.85. The van der Waals surface area contributed by atoms with Crippen molar-refractivity contribution in [2.45, 2.75) is 25.9 Å². The molecule has 1 saturated carbocycles. The summed E-state index contributed by atoms with van der Waals surface area (Å²) in [6.07, 6.45) is 6.25. The number of H-pyrrole nitrogens is 1. The van der Waals surface area contributed by atoms with E-state index >= 15 is 4.39 Å². The number of anilines is 2. The lowest BCUT2D eigenvalue weighted by molar-refractivity contribution is -0.117. The molecule has 0 radical (unpaired) electrons. The maximum Gasteiger partial charge on any atom is 0.231 e. The number of amides is 1. The molecule has 3 N–H and O–H groups in total. The van der Waals surface area contributed by atoms with E-state index in [1.54, 1.807) is 23.0 Å². The quantitative estimate of drug-likeness (QED) is 0.413. The summed E-state index contributed by atoms with van der Waals surface area (Å²) in [5, 5.41) is 13.1. The maximum absolute atomic E-state index is 15.1. The van der Waals surface area contributed by atoms with Gasteiger partial charge in [0.15, 0.2) is 17.3 Å². The van der Waals surface area contributed by atoms with E-state index in [2.05, 4.69) is 30.8 Å². The Hall–Kier alpha value is -3.27. The van der Waals surface area contributed by atoms with Gasteiger partial charge in [-0.25, -0.2) is 13.8 Å². The molecule has 3 heterocycles. The predicted molar refractivity (Wildman–Crippen MR) is 113 cm³/mol. The number of rotatable bonds is 6. The number of carbonyl (C=O) groups is 1. The minimum absolute atomic E-state index is 0.0734. The molecule has 160 valence electrons. The number of hydrogen-bond donors (Lipinski definition) is 3. The SMILES string of the molecule is CCCNc1c(F)c(Cl)c(-c2cn3cc(NC(=O)C4CC4F)nc3cn2)c2cn[nH]c12. The molecule has 0 aliphatic heterocycles. The van der Waals surface area contributed by atoms with Crippen molar-refractivity contribution in [3.8, 4) is 11.3 Å². The van der Waals surface area contributed by atoms with E-state index < -0.39 is 23.8 Å². The number of nitrogens with one attached hydrogen (secondary N) is 3. The van der Waals surface area contributed by atoms with E-state index in [1.165, 1.54) is 6.20 Å². The summed E-state index contributed by atoms with van der Waals surface area (Å²) in [5.41, 5.74) is 2.03. The highest BCUT2D eigenvalue weighted by Gasteiger charge is 2.43. The highest BCUT2D eigenvalue weighted by atomic mass is 35.5. The number of aromatic amines is 1. The standard InChI is InChI=1S/C20H18ClF2N7O/c1-2-3-24-19-17(23)16(21)15(10-5-26-29-18(10)19)12-7-30-8-13(27-14(30)6-25-12)28-20(31)9-4-11(9)22/h5-9,11,24H,2-4H2,1H3,(H,26,29)(H,28,31). The first kappa shape index (κ1) is 19.7. The largest absolute Gasteiger partial charge is 0.381 e. The number of halogens is 3. The van der Waals surface area contributed by atoms with Crippen molar-refractivity contribution < 1.29 is 13.6 Å². The van der Waals surface area contributed by atoms with Crippen LogP contribution in [0.15, 0.2) is 24.8 Å². The van der Waals surface area contributed by atoms with Crippen LogP contribution in [0.3, 0.4) is 0 Å². The van der Waals surface area contributed by atoms with E-state index in [0.29, 0.717) is 34.4 Å². The van der Waals surface area contributed by atoms with Crippen LogP contribution in [-0.2, 0) is 4.79 Å². The minimum atomic E-state index is -1.09. The number of carbonyl (C=O) groups excluding carboxylic acids is 1. The van der Waals surface area contributed by atoms with Gasteiger partial charge in [0.1, 0.15) is 6.17 Å². The van der Waals surface area contributed by atoms with Gasteiger partial charge in [0, 0.05) is 23.7 Å². The van der Waals surface area contributed by atoms with Crippen molar-refractivity contribution in [3.63, 3.8) is 0 Å². The number of imidazole rings is 1. The normalized spacial score (nSPS) is 17.9. The van der Waals surface area contributed by atoms with E-state index in [9.17, 15) is 9.18 Å². The fraction of sp³-hybridized carbons (Fsp3) is 0.300. The number of aromatic nitrogens is 5. The van der Waals surface area contributed by atoms with Gasteiger partial charge in [-0.15, -0.1) is 0 Å². The molecule has 3 aromatic heterocycles. The van der Waals surface area contributed by atoms with Crippen LogP contribution in [0.2, 0.25) is 5.02 Å². The van der Waals surface area contributed by atoms with Crippen LogP contribution in [0.4, 0.5) is 20.3 Å². The van der Waals surface area contributed by atoms with Crippen LogP contribution in [0.1, 0.15) is 19.8 Å². The zero-order chi connectivity index (χ0) is 21.7. The van der Waals surface area contributed by atoms with Gasteiger partial charge in [-0.05, 0) is 12.8 Å². The molecule has 8 nitrogen and oxygen atoms in total. The van der Waals surface area contributed by atoms with Gasteiger partial charge >= 0.3 is 0 Å². The fourth-order valence-corrected chi connectivity index (χ4v) is 3.82. The third-order valence-electron chi connectivity index (χ3n) is 5.24. The zero-order valence-corrected chi connectivity index (χ0v) is 17.2. The monoisotopic (exact) mass is 445 g/mol. The average Bonchev–Trinajstić information content (AvgIpc) is 3.12. The molecule has 11 heteroatoms. The van der Waals surface area contributed by atoms with Crippen molar-refractivity contribution >= 4 is 45.6 Å². The lowest BCUT2D eigenvalue weighted by atomic mass is 10.1. The van der Waals surface area contributed by atoms with Gasteiger partial charge < -0.3 is 15.0 Å². The molecule has 1 aliphatic rings. The Morgan fingerprint density at radius 1 is 1.39 bits per heavy atom. The number of alkyl halides is 1. The molecule has 0 bridgehead atoms. The third kappa shape index (κ3) is 3.36. The molecule has 5 rings (SSSR count). The topological polar surface area (TPSA) is 100 Å². The van der Waals surface area contributed by atoms with Crippen LogP contribution in [0, 0.1) is 11.7 Å². The Morgan fingerprint density at radius 3 is 2.94 bits per heavy atom. The Morgan fingerprint density at radius 2 is 2.19 bits per heavy atom. The van der Waals surface area contributed by atoms with E-state index in [4.69, 9.17) is 11.6 Å². The molecule has 1 amide bonds. The predicted octanol–water partition coefficient (Wildman–Crippen LogP) is 4.18. The lowest BCUT2D eigenvalue weighted by Crippen LogP contribution is -2.15. The molecule has 31 heavy (non-hydrogen) atoms. The van der Waals surface area contributed by atoms with Crippen LogP contribution >= 0.6 is 11.6 Å². The Kier molecular flexibility index (Phi) is 4.73. The first-order valence-corrected chi connectivity index (χ1v) is 10.2. The van der Waals surface area contributed by atoms with Crippen molar-refractivity contribution in [1.82, 2.24) is 24.6 Å². The highest BCUT2D eigenvalue weighted by Crippen LogP contribution is 2.40. The van der Waals surface area contributed by atoms with Gasteiger partial charge in [-0.2, -0.15) is 5.10 Å². The molecule has 1 fully saturated rings. The maximum atomic E-state index is 15.1. The smallest absolute Gasteiger partial charge is 0.231 e. The van der Waals surface area contributed by atoms with Crippen LogP contribution in [-0.4, -0.2) is 43.2 Å². The summed E-state index contributed by atoms with van der Waals surface area (Å²) in [5.74, 6) is -1.32. The number of nitrogens with zero attached hydrogens (tertiary/aromatic N) is 4. The summed E-state index contributed by atoms with van der Waals surface area (Å²) < 4.78 is 29.8. The third-order valence-corrected chi connectivity index (χ3v) is 5.60. The van der Waals surface area contributed by atoms with Gasteiger partial charge in [0.05, 0.1) is 46.4 Å². The fourth-order valence-electron chi connectivity index (χ4n) is 3.52. The van der Waals surface area contributed by atoms with Crippen molar-refractivity contribution in [3.05, 3.63) is 35.6 Å². The van der Waals surface area contributed by atoms with Gasteiger partial charge in [0.2, 0.25) is 5.91 Å². The summed E-state index contributed by atoms with van der Waals surface area (Å²) in [4.78, 5) is 20.6. The second kappa shape index (κ2) is 7.45. The lowest BCUT2D eigenvalue weighted by Gasteiger charge is -2.13. The van der Waals surface area contributed by atoms with Gasteiger partial charge in [-0.1, -0.05) is 18.5 Å². The van der Waals surface area contributed by atoms with E-state index in [0.717, 1.165) is 6.42 Å². The second-order valence-electron chi connectivity index (χ2n) is 7.48. The molecule has 2 atom stereocenters. The molecule has 1 aromatic carbocycles. The molecular formula is C20H18ClF2N7O. The van der Waals surface area contributed by atoms with Crippen LogP contribution in [0.5, 0.6) is 0 Å². The van der Waals surface area contributed by atoms with Gasteiger partial charge in [-0.3, -0.25) is 14.9 Å². The summed E-state index contributed by atoms with van der Waals surface area (Å²) >= 11 is 6.41. The van der Waals surface area contributed by atoms with Crippen molar-refractivity contribution in [2.24, 2.45) is 5.92 Å². The number of benzene rings is 1. The number of hydrogen-bond acceptors (Lipinski definition) is 5. The van der Waals surface area contributed by atoms with E-state index in [-0.39, 0.29) is 22.9 Å². The van der Waals surface area contributed by atoms with Crippen LogP contribution < -0.4 is 10.6 Å². The van der Waals surface area contributed by atoms with Crippen molar-refractivity contribution in [1.29, 1.82) is 0 Å². The van der Waals surface area contributed by atoms with E-state index in [1.807, 2.05) is 6.92 Å². The molecular weight excluding hydrogens is 428 g/mol. The Labute approximate surface area is 180 Å². The highest BCUT2D eigenvalue weighted by molar-refractivity contribution is 6.35. The number of fused-ring (bicyclic) bond motifs is 2. The Balaban J connectivity index is 1.55. The zero-order valence-electron chi connectivity index (χ0n) is 16.4. The van der Waals surface area contributed by atoms with Crippen LogP contribution in [0.25, 0.3) is 27.8 Å². The van der Waals surface area contributed by atoms with Gasteiger partial charge in [0.25, 0.3) is 0 Å². The van der Waals surface area contributed by atoms with Crippen molar-refractivity contribution in [2.75, 3.05) is 17.2 Å². The summed E-state index contributed by atoms with van der Waals surface area (Å²) in [7, 11) is 0. The molecule has 0 saturated heterocycles. The summed E-state index contributed by atoms with van der Waals surface area (Å²) in [6.45, 7) is 2.56. The first-order chi connectivity index (χ1) is 15.0. The summed E-state index contributed by atoms with van der Waals surface area (Å²) in [6, 6.07) is 0. The average molecular weight is 446 g/mol. The minimum Gasteiger partial charge on any atom is -0.381 e. The molecule has 2 unspecified atom stereocenters. The molecule has 1 aliphatic carbocycles.